The normalized spacial score (nSPS) is 32.4. The molecule has 0 atom stereocenters. The van der Waals surface area contributed by atoms with E-state index in [0.717, 1.165) is 7.11 Å². The van der Waals surface area contributed by atoms with Crippen LogP contribution >= 0.6 is 22.5 Å². The van der Waals surface area contributed by atoms with Gasteiger partial charge in [0.2, 0.25) is 0 Å². The minimum atomic E-state index is -4.45. The standard InChI is InChI=1S/C25H36F6N4OS2/c1-36-23(25(29,30)31)16-35(17-23)20-2-6-21(7-3-20,10-13-32)12-15-34(18-24(26,27)28)19-4-8-22(38-37,9-5-19)11-14-33/h19-20,37H,2-12,15-18H2,1H3/t19-,20-,21+,22+. The third-order valence-electron chi connectivity index (χ3n) is 9.10. The molecule has 0 unspecified atom stereocenters. The van der Waals surface area contributed by atoms with E-state index in [4.69, 9.17) is 10.00 Å². The Kier molecular flexibility index (Phi) is 10.3. The molecule has 1 heterocycles. The van der Waals surface area contributed by atoms with Gasteiger partial charge >= 0.3 is 12.4 Å². The molecule has 3 aliphatic rings. The zero-order valence-electron chi connectivity index (χ0n) is 21.6. The van der Waals surface area contributed by atoms with E-state index in [2.05, 4.69) is 23.8 Å². The first-order valence-corrected chi connectivity index (χ1v) is 14.9. The molecule has 0 amide bonds. The Balaban J connectivity index is 1.61. The highest BCUT2D eigenvalue weighted by atomic mass is 33.1. The molecule has 0 N–H and O–H groups in total. The fourth-order valence-corrected chi connectivity index (χ4v) is 7.78. The minimum Gasteiger partial charge on any atom is -0.366 e. The van der Waals surface area contributed by atoms with Crippen molar-refractivity contribution in [1.29, 1.82) is 10.5 Å². The van der Waals surface area contributed by atoms with Gasteiger partial charge in [-0.05, 0) is 69.7 Å². The molecule has 5 nitrogen and oxygen atoms in total. The van der Waals surface area contributed by atoms with E-state index in [0.29, 0.717) is 64.2 Å². The minimum absolute atomic E-state index is 0.0518. The predicted molar refractivity (Wildman–Crippen MR) is 136 cm³/mol. The van der Waals surface area contributed by atoms with Crippen molar-refractivity contribution < 1.29 is 31.1 Å². The Morgan fingerprint density at radius 3 is 2.00 bits per heavy atom. The van der Waals surface area contributed by atoms with Crippen LogP contribution in [-0.2, 0) is 4.74 Å². The van der Waals surface area contributed by atoms with E-state index in [1.165, 1.54) is 15.7 Å². The molecule has 1 aliphatic heterocycles. The number of methoxy groups -OCH3 is 1. The van der Waals surface area contributed by atoms with Crippen molar-refractivity contribution in [3.8, 4) is 12.1 Å². The number of thiol groups is 1. The van der Waals surface area contributed by atoms with Gasteiger partial charge < -0.3 is 4.74 Å². The van der Waals surface area contributed by atoms with Gasteiger partial charge in [0.05, 0.1) is 25.1 Å². The summed E-state index contributed by atoms with van der Waals surface area (Å²) in [5.41, 5.74) is -2.58. The largest absolute Gasteiger partial charge is 0.419 e. The van der Waals surface area contributed by atoms with Crippen molar-refractivity contribution >= 4 is 22.5 Å². The van der Waals surface area contributed by atoms with Crippen LogP contribution in [0.4, 0.5) is 26.3 Å². The fraction of sp³-hybridized carbons (Fsp3) is 0.920. The lowest BCUT2D eigenvalue weighted by atomic mass is 9.67. The summed E-state index contributed by atoms with van der Waals surface area (Å²) in [7, 11) is 2.39. The molecule has 0 spiro atoms. The third kappa shape index (κ3) is 7.25. The summed E-state index contributed by atoms with van der Waals surface area (Å²) in [4.78, 5) is 3.27. The number of ether oxygens (including phenoxy) is 1. The van der Waals surface area contributed by atoms with Crippen LogP contribution in [0.3, 0.4) is 0 Å². The van der Waals surface area contributed by atoms with E-state index in [-0.39, 0.29) is 42.9 Å². The van der Waals surface area contributed by atoms with E-state index in [9.17, 15) is 31.6 Å². The molecule has 0 radical (unpaired) electrons. The monoisotopic (exact) mass is 586 g/mol. The first-order valence-electron chi connectivity index (χ1n) is 13.0. The molecular weight excluding hydrogens is 550 g/mol. The summed E-state index contributed by atoms with van der Waals surface area (Å²) in [6.07, 6.45) is -3.08. The maximum absolute atomic E-state index is 13.5. The summed E-state index contributed by atoms with van der Waals surface area (Å²) in [6.45, 7) is -1.25. The van der Waals surface area contributed by atoms with Crippen LogP contribution < -0.4 is 0 Å². The quantitative estimate of drug-likeness (QED) is 0.179. The number of likely N-dealkylation sites (tertiary alicyclic amines) is 1. The van der Waals surface area contributed by atoms with E-state index in [1.54, 1.807) is 4.90 Å². The van der Waals surface area contributed by atoms with Gasteiger partial charge in [-0.1, -0.05) is 10.8 Å². The zero-order valence-corrected chi connectivity index (χ0v) is 23.3. The predicted octanol–water partition coefficient (Wildman–Crippen LogP) is 6.52. The summed E-state index contributed by atoms with van der Waals surface area (Å²) in [5.74, 6) is 0. The van der Waals surface area contributed by atoms with Crippen molar-refractivity contribution in [2.75, 3.05) is 33.3 Å². The molecule has 216 valence electrons. The molecule has 0 bridgehead atoms. The number of halogens is 6. The lowest BCUT2D eigenvalue weighted by Crippen LogP contribution is -2.72. The SMILES string of the molecule is COC1(C(F)(F)F)CN([C@H]2CC[C@@](CC#N)(CCN(CC(F)(F)F)[C@H]3CC[C@@](CC#N)(SS)CC3)CC2)C1. The highest BCUT2D eigenvalue weighted by Crippen LogP contribution is 2.49. The van der Waals surface area contributed by atoms with Crippen molar-refractivity contribution in [2.24, 2.45) is 5.41 Å². The van der Waals surface area contributed by atoms with Gasteiger partial charge in [0.1, 0.15) is 0 Å². The highest BCUT2D eigenvalue weighted by Gasteiger charge is 2.63. The van der Waals surface area contributed by atoms with Crippen molar-refractivity contribution in [1.82, 2.24) is 9.80 Å². The average Bonchev–Trinajstić information content (AvgIpc) is 2.82. The summed E-state index contributed by atoms with van der Waals surface area (Å²) in [6, 6.07) is 4.07. The molecule has 0 aromatic heterocycles. The summed E-state index contributed by atoms with van der Waals surface area (Å²) in [5, 5.41) is 18.7. The molecule has 3 fully saturated rings. The number of alkyl halides is 6. The van der Waals surface area contributed by atoms with Gasteiger partial charge in [-0.3, -0.25) is 9.80 Å². The van der Waals surface area contributed by atoms with Crippen molar-refractivity contribution in [2.45, 2.75) is 105 Å². The number of hydrogen-bond acceptors (Lipinski definition) is 7. The Labute approximate surface area is 230 Å². The third-order valence-corrected chi connectivity index (χ3v) is 11.2. The summed E-state index contributed by atoms with van der Waals surface area (Å²) < 4.78 is 85.2. The Hall–Kier alpha value is -0.860. The van der Waals surface area contributed by atoms with Crippen LogP contribution in [0, 0.1) is 28.1 Å². The van der Waals surface area contributed by atoms with Gasteiger partial charge in [0.15, 0.2) is 5.60 Å². The van der Waals surface area contributed by atoms with Gasteiger partial charge in [0.25, 0.3) is 0 Å². The average molecular weight is 587 g/mol. The molecule has 0 aromatic carbocycles. The topological polar surface area (TPSA) is 63.3 Å². The smallest absolute Gasteiger partial charge is 0.366 e. The van der Waals surface area contributed by atoms with Crippen LogP contribution in [0.1, 0.15) is 70.6 Å². The second-order valence-corrected chi connectivity index (χ2v) is 12.9. The molecule has 2 saturated carbocycles. The van der Waals surface area contributed by atoms with Crippen LogP contribution in [0.2, 0.25) is 0 Å². The van der Waals surface area contributed by atoms with Crippen LogP contribution in [0.25, 0.3) is 0 Å². The van der Waals surface area contributed by atoms with Gasteiger partial charge in [-0.25, -0.2) is 0 Å². The molecular formula is C25H36F6N4OS2. The first-order chi connectivity index (χ1) is 17.8. The van der Waals surface area contributed by atoms with Crippen molar-refractivity contribution in [3.63, 3.8) is 0 Å². The Morgan fingerprint density at radius 2 is 1.55 bits per heavy atom. The van der Waals surface area contributed by atoms with Gasteiger partial charge in [-0.2, -0.15) is 36.9 Å². The van der Waals surface area contributed by atoms with E-state index >= 15 is 0 Å². The zero-order chi connectivity index (χ0) is 28.2. The Bertz CT molecular complexity index is 865. The molecule has 0 aromatic rings. The summed E-state index contributed by atoms with van der Waals surface area (Å²) >= 11 is 4.32. The Morgan fingerprint density at radius 1 is 0.974 bits per heavy atom. The lowest BCUT2D eigenvalue weighted by Gasteiger charge is -2.54. The molecule has 3 rings (SSSR count). The maximum Gasteiger partial charge on any atom is 0.419 e. The number of rotatable bonds is 10. The van der Waals surface area contributed by atoms with Gasteiger partial charge in [0, 0.05) is 43.5 Å². The second-order valence-electron chi connectivity index (χ2n) is 11.3. The molecule has 2 aliphatic carbocycles. The van der Waals surface area contributed by atoms with Gasteiger partial charge in [-0.15, -0.1) is 11.7 Å². The lowest BCUT2D eigenvalue weighted by molar-refractivity contribution is -0.316. The second kappa shape index (κ2) is 12.3. The first kappa shape index (κ1) is 31.7. The van der Waals surface area contributed by atoms with Crippen molar-refractivity contribution in [3.05, 3.63) is 0 Å². The molecule has 13 heteroatoms. The van der Waals surface area contributed by atoms with Crippen LogP contribution in [0.5, 0.6) is 0 Å². The van der Waals surface area contributed by atoms with Crippen LogP contribution in [-0.4, -0.2) is 77.9 Å². The van der Waals surface area contributed by atoms with E-state index in [1.807, 2.05) is 0 Å². The molecule has 38 heavy (non-hydrogen) atoms. The fourth-order valence-electron chi connectivity index (χ4n) is 6.50. The van der Waals surface area contributed by atoms with E-state index < -0.39 is 29.9 Å². The maximum atomic E-state index is 13.5. The number of nitrogens with zero attached hydrogens (tertiary/aromatic N) is 4. The number of nitriles is 2. The number of hydrogen-bond donors (Lipinski definition) is 1. The highest BCUT2D eigenvalue weighted by molar-refractivity contribution is 8.69. The molecule has 1 saturated heterocycles. The van der Waals surface area contributed by atoms with Crippen LogP contribution in [0.15, 0.2) is 0 Å².